The molecule has 0 radical (unpaired) electrons. The molecule has 0 bridgehead atoms. The highest BCUT2D eigenvalue weighted by Crippen LogP contribution is 2.32. The summed E-state index contributed by atoms with van der Waals surface area (Å²) in [6.45, 7) is 0. The third kappa shape index (κ3) is 3.09. The molecule has 0 aliphatic heterocycles. The topological polar surface area (TPSA) is 9.23 Å². The summed E-state index contributed by atoms with van der Waals surface area (Å²) in [4.78, 5) is 0. The van der Waals surface area contributed by atoms with E-state index in [1.807, 2.05) is 30.3 Å². The van der Waals surface area contributed by atoms with Crippen molar-refractivity contribution in [3.63, 3.8) is 0 Å². The van der Waals surface area contributed by atoms with Crippen LogP contribution in [-0.4, -0.2) is 7.11 Å². The van der Waals surface area contributed by atoms with Gasteiger partial charge in [-0.05, 0) is 28.8 Å². The fourth-order valence-electron chi connectivity index (χ4n) is 2.52. The molecule has 0 unspecified atom stereocenters. The third-order valence-electron chi connectivity index (χ3n) is 3.59. The Morgan fingerprint density at radius 1 is 0.727 bits per heavy atom. The number of ether oxygens (including phenoxy) is 1. The van der Waals surface area contributed by atoms with Gasteiger partial charge in [-0.25, -0.2) is 0 Å². The summed E-state index contributed by atoms with van der Waals surface area (Å²) in [7, 11) is 1.71. The molecule has 0 amide bonds. The van der Waals surface area contributed by atoms with Gasteiger partial charge in [0.05, 0.1) is 7.11 Å². The van der Waals surface area contributed by atoms with E-state index in [4.69, 9.17) is 4.74 Å². The Bertz CT molecular complexity index is 758. The molecule has 0 aliphatic rings. The second-order valence-electron chi connectivity index (χ2n) is 5.04. The Morgan fingerprint density at radius 2 is 1.32 bits per heavy atom. The van der Waals surface area contributed by atoms with Crippen LogP contribution >= 0.6 is 0 Å². The zero-order chi connectivity index (χ0) is 15.2. The lowest BCUT2D eigenvalue weighted by Gasteiger charge is -2.13. The Labute approximate surface area is 131 Å². The Hall–Kier alpha value is -2.80. The van der Waals surface area contributed by atoms with Gasteiger partial charge in [-0.2, -0.15) is 0 Å². The summed E-state index contributed by atoms with van der Waals surface area (Å²) in [6, 6.07) is 28.9. The van der Waals surface area contributed by atoms with Crippen molar-refractivity contribution in [3.8, 4) is 5.75 Å². The number of para-hydroxylation sites is 1. The summed E-state index contributed by atoms with van der Waals surface area (Å²) in [5.74, 6) is 0.883. The van der Waals surface area contributed by atoms with Crippen LogP contribution in [0.2, 0.25) is 0 Å². The van der Waals surface area contributed by atoms with E-state index in [2.05, 4.69) is 60.7 Å². The highest BCUT2D eigenvalue weighted by atomic mass is 16.5. The second-order valence-corrected chi connectivity index (χ2v) is 5.04. The van der Waals surface area contributed by atoms with Crippen LogP contribution in [0.5, 0.6) is 5.75 Å². The molecule has 3 aromatic carbocycles. The maximum Gasteiger partial charge on any atom is 0.126 e. The van der Waals surface area contributed by atoms with E-state index in [9.17, 15) is 0 Å². The molecule has 0 aromatic heterocycles. The molecular formula is C21H18O. The summed E-state index contributed by atoms with van der Waals surface area (Å²) in [6.07, 6.45) is 2.20. The summed E-state index contributed by atoms with van der Waals surface area (Å²) in [5.41, 5.74) is 4.60. The molecule has 108 valence electrons. The largest absolute Gasteiger partial charge is 0.496 e. The van der Waals surface area contributed by atoms with Gasteiger partial charge in [0.2, 0.25) is 0 Å². The molecule has 3 aromatic rings. The van der Waals surface area contributed by atoms with Crippen LogP contribution in [0.15, 0.2) is 84.9 Å². The standard InChI is InChI=1S/C21H18O/c1-22-21-15-9-8-14-19(21)20(18-12-6-3-7-13-18)16-17-10-4-2-5-11-17/h2-16H,1H3. The number of rotatable bonds is 4. The van der Waals surface area contributed by atoms with Crippen LogP contribution in [0.4, 0.5) is 0 Å². The molecule has 0 aliphatic carbocycles. The van der Waals surface area contributed by atoms with E-state index in [-0.39, 0.29) is 0 Å². The van der Waals surface area contributed by atoms with Gasteiger partial charge in [-0.3, -0.25) is 0 Å². The van der Waals surface area contributed by atoms with Gasteiger partial charge in [-0.15, -0.1) is 0 Å². The Kier molecular flexibility index (Phi) is 4.35. The normalized spacial score (nSPS) is 11.2. The van der Waals surface area contributed by atoms with Crippen LogP contribution in [0, 0.1) is 0 Å². The van der Waals surface area contributed by atoms with Crippen molar-refractivity contribution in [1.29, 1.82) is 0 Å². The van der Waals surface area contributed by atoms with Gasteiger partial charge in [0, 0.05) is 5.56 Å². The summed E-state index contributed by atoms with van der Waals surface area (Å²) >= 11 is 0. The van der Waals surface area contributed by atoms with Crippen LogP contribution < -0.4 is 4.74 Å². The Morgan fingerprint density at radius 3 is 2.00 bits per heavy atom. The van der Waals surface area contributed by atoms with Crippen LogP contribution in [0.3, 0.4) is 0 Å². The molecule has 0 fully saturated rings. The summed E-state index contributed by atoms with van der Waals surface area (Å²) in [5, 5.41) is 0. The molecular weight excluding hydrogens is 268 g/mol. The number of methoxy groups -OCH3 is 1. The second kappa shape index (κ2) is 6.77. The first kappa shape index (κ1) is 14.2. The van der Waals surface area contributed by atoms with Gasteiger partial charge in [0.25, 0.3) is 0 Å². The predicted molar refractivity (Wildman–Crippen MR) is 92.9 cm³/mol. The molecule has 0 heterocycles. The average molecular weight is 286 g/mol. The molecule has 1 heteroatoms. The molecule has 0 spiro atoms. The fraction of sp³-hybridized carbons (Fsp3) is 0.0476. The molecule has 0 saturated carbocycles. The maximum atomic E-state index is 5.54. The van der Waals surface area contributed by atoms with E-state index in [1.165, 1.54) is 11.1 Å². The van der Waals surface area contributed by atoms with Gasteiger partial charge in [0.1, 0.15) is 5.75 Å². The molecule has 0 atom stereocenters. The lowest BCUT2D eigenvalue weighted by Crippen LogP contribution is -1.93. The van der Waals surface area contributed by atoms with Crippen molar-refractivity contribution in [1.82, 2.24) is 0 Å². The molecule has 22 heavy (non-hydrogen) atoms. The number of benzene rings is 3. The van der Waals surface area contributed by atoms with Gasteiger partial charge < -0.3 is 4.74 Å². The van der Waals surface area contributed by atoms with Crippen molar-refractivity contribution in [3.05, 3.63) is 102 Å². The zero-order valence-corrected chi connectivity index (χ0v) is 12.6. The van der Waals surface area contributed by atoms with E-state index in [1.54, 1.807) is 7.11 Å². The van der Waals surface area contributed by atoms with Crippen LogP contribution in [0.25, 0.3) is 11.6 Å². The third-order valence-corrected chi connectivity index (χ3v) is 3.59. The first-order chi connectivity index (χ1) is 10.9. The first-order valence-corrected chi connectivity index (χ1v) is 7.34. The average Bonchev–Trinajstić information content (AvgIpc) is 2.61. The lowest BCUT2D eigenvalue weighted by molar-refractivity contribution is 0.413. The maximum absolute atomic E-state index is 5.54. The van der Waals surface area contributed by atoms with Gasteiger partial charge in [-0.1, -0.05) is 78.9 Å². The molecule has 3 rings (SSSR count). The SMILES string of the molecule is COc1ccccc1C(=Cc1ccccc1)c1ccccc1. The van der Waals surface area contributed by atoms with E-state index >= 15 is 0 Å². The van der Waals surface area contributed by atoms with Crippen molar-refractivity contribution in [2.24, 2.45) is 0 Å². The van der Waals surface area contributed by atoms with Crippen LogP contribution in [0.1, 0.15) is 16.7 Å². The quantitative estimate of drug-likeness (QED) is 0.593. The highest BCUT2D eigenvalue weighted by Gasteiger charge is 2.10. The van der Waals surface area contributed by atoms with E-state index in [0.29, 0.717) is 0 Å². The Balaban J connectivity index is 2.18. The van der Waals surface area contributed by atoms with E-state index < -0.39 is 0 Å². The van der Waals surface area contributed by atoms with Gasteiger partial charge >= 0.3 is 0 Å². The van der Waals surface area contributed by atoms with Crippen molar-refractivity contribution < 1.29 is 4.74 Å². The van der Waals surface area contributed by atoms with Crippen LogP contribution in [-0.2, 0) is 0 Å². The smallest absolute Gasteiger partial charge is 0.126 e. The number of hydrogen-bond acceptors (Lipinski definition) is 1. The van der Waals surface area contributed by atoms with Crippen molar-refractivity contribution >= 4 is 11.6 Å². The van der Waals surface area contributed by atoms with Gasteiger partial charge in [0.15, 0.2) is 0 Å². The zero-order valence-electron chi connectivity index (χ0n) is 12.6. The molecule has 0 N–H and O–H groups in total. The highest BCUT2D eigenvalue weighted by molar-refractivity contribution is 5.93. The van der Waals surface area contributed by atoms with Crippen molar-refractivity contribution in [2.45, 2.75) is 0 Å². The monoisotopic (exact) mass is 286 g/mol. The minimum atomic E-state index is 0.883. The van der Waals surface area contributed by atoms with E-state index in [0.717, 1.165) is 16.9 Å². The minimum absolute atomic E-state index is 0.883. The molecule has 0 saturated heterocycles. The first-order valence-electron chi connectivity index (χ1n) is 7.34. The fourth-order valence-corrected chi connectivity index (χ4v) is 2.52. The minimum Gasteiger partial charge on any atom is -0.496 e. The van der Waals surface area contributed by atoms with Crippen molar-refractivity contribution in [2.75, 3.05) is 7.11 Å². The predicted octanol–water partition coefficient (Wildman–Crippen LogP) is 5.28. The molecule has 1 nitrogen and oxygen atoms in total. The lowest BCUT2D eigenvalue weighted by atomic mass is 9.95. The summed E-state index contributed by atoms with van der Waals surface area (Å²) < 4.78 is 5.54. The number of hydrogen-bond donors (Lipinski definition) is 0.